The van der Waals surface area contributed by atoms with Gasteiger partial charge in [-0.05, 0) is 32.5 Å². The number of likely N-dealkylation sites (N-methyl/N-ethyl adjacent to an activating group) is 1. The van der Waals surface area contributed by atoms with Gasteiger partial charge in [-0.1, -0.05) is 0 Å². The molecular weight excluding hydrogens is 260 g/mol. The fourth-order valence-corrected chi connectivity index (χ4v) is 2.55. The molecule has 1 fully saturated rings. The minimum absolute atomic E-state index is 0.0117. The summed E-state index contributed by atoms with van der Waals surface area (Å²) in [6.07, 6.45) is 2.21. The molecule has 0 saturated carbocycles. The highest BCUT2D eigenvalue weighted by atomic mass is 16.6. The van der Waals surface area contributed by atoms with E-state index in [9.17, 15) is 10.1 Å². The minimum Gasteiger partial charge on any atom is -0.423 e. The Morgan fingerprint density at radius 2 is 2.40 bits per heavy atom. The van der Waals surface area contributed by atoms with Gasteiger partial charge in [-0.15, -0.1) is 0 Å². The van der Waals surface area contributed by atoms with E-state index in [0.717, 1.165) is 25.9 Å². The summed E-state index contributed by atoms with van der Waals surface area (Å²) in [6.45, 7) is 2.05. The highest BCUT2D eigenvalue weighted by Crippen LogP contribution is 2.24. The van der Waals surface area contributed by atoms with E-state index in [4.69, 9.17) is 4.42 Å². The Morgan fingerprint density at radius 1 is 1.55 bits per heavy atom. The number of nitrogens with one attached hydrogen (secondary N) is 1. The molecule has 0 bridgehead atoms. The van der Waals surface area contributed by atoms with Crippen LogP contribution in [0, 0.1) is 10.1 Å². The predicted molar refractivity (Wildman–Crippen MR) is 74.8 cm³/mol. The van der Waals surface area contributed by atoms with E-state index in [-0.39, 0.29) is 5.69 Å². The van der Waals surface area contributed by atoms with E-state index in [1.807, 2.05) is 0 Å². The highest BCUT2D eigenvalue weighted by molar-refractivity contribution is 5.77. The smallest absolute Gasteiger partial charge is 0.295 e. The number of benzene rings is 1. The third kappa shape index (κ3) is 2.57. The van der Waals surface area contributed by atoms with E-state index in [1.54, 1.807) is 6.07 Å². The van der Waals surface area contributed by atoms with Crippen LogP contribution in [-0.4, -0.2) is 41.0 Å². The van der Waals surface area contributed by atoms with Crippen molar-refractivity contribution in [3.8, 4) is 0 Å². The first-order valence-corrected chi connectivity index (χ1v) is 6.62. The second-order valence-corrected chi connectivity index (χ2v) is 5.17. The second-order valence-electron chi connectivity index (χ2n) is 5.17. The molecule has 20 heavy (non-hydrogen) atoms. The zero-order valence-electron chi connectivity index (χ0n) is 11.2. The lowest BCUT2D eigenvalue weighted by Gasteiger charge is -2.29. The number of hydrogen-bond acceptors (Lipinski definition) is 6. The van der Waals surface area contributed by atoms with E-state index >= 15 is 0 Å². The van der Waals surface area contributed by atoms with E-state index < -0.39 is 4.92 Å². The van der Waals surface area contributed by atoms with Crippen molar-refractivity contribution in [3.05, 3.63) is 28.3 Å². The van der Waals surface area contributed by atoms with Crippen LogP contribution in [0.2, 0.25) is 0 Å². The first-order valence-electron chi connectivity index (χ1n) is 6.62. The van der Waals surface area contributed by atoms with Crippen molar-refractivity contribution in [3.63, 3.8) is 0 Å². The molecule has 1 aromatic heterocycles. The Labute approximate surface area is 115 Å². The van der Waals surface area contributed by atoms with E-state index in [0.29, 0.717) is 23.2 Å². The van der Waals surface area contributed by atoms with Crippen LogP contribution in [0.4, 0.5) is 11.7 Å². The number of likely N-dealkylation sites (tertiary alicyclic amines) is 1. The largest absolute Gasteiger partial charge is 0.423 e. The van der Waals surface area contributed by atoms with Gasteiger partial charge in [0.25, 0.3) is 11.7 Å². The number of rotatable bonds is 3. The van der Waals surface area contributed by atoms with Gasteiger partial charge in [0.15, 0.2) is 5.58 Å². The SMILES string of the molecule is CN1CCCC(Nc2nc3ccc([N+](=O)[O-])cc3o2)C1. The van der Waals surface area contributed by atoms with Crippen molar-refractivity contribution in [2.24, 2.45) is 0 Å². The number of anilines is 1. The van der Waals surface area contributed by atoms with Crippen LogP contribution in [0.25, 0.3) is 11.1 Å². The molecule has 7 nitrogen and oxygen atoms in total. The average molecular weight is 276 g/mol. The Morgan fingerprint density at radius 3 is 3.15 bits per heavy atom. The van der Waals surface area contributed by atoms with Crippen LogP contribution < -0.4 is 5.32 Å². The fraction of sp³-hybridized carbons (Fsp3) is 0.462. The number of oxazole rings is 1. The second kappa shape index (κ2) is 5.09. The maximum absolute atomic E-state index is 10.7. The molecule has 1 unspecified atom stereocenters. The molecular formula is C13H16N4O3. The molecule has 1 aliphatic heterocycles. The van der Waals surface area contributed by atoms with Gasteiger partial charge in [0, 0.05) is 18.7 Å². The molecule has 1 N–H and O–H groups in total. The molecule has 1 atom stereocenters. The molecule has 0 radical (unpaired) electrons. The first kappa shape index (κ1) is 12.9. The van der Waals surface area contributed by atoms with Crippen molar-refractivity contribution < 1.29 is 9.34 Å². The number of fused-ring (bicyclic) bond motifs is 1. The summed E-state index contributed by atoms with van der Waals surface area (Å²) < 4.78 is 5.55. The quantitative estimate of drug-likeness (QED) is 0.683. The third-order valence-electron chi connectivity index (χ3n) is 3.53. The van der Waals surface area contributed by atoms with Crippen LogP contribution >= 0.6 is 0 Å². The topological polar surface area (TPSA) is 84.4 Å². The molecule has 0 aliphatic carbocycles. The fourth-order valence-electron chi connectivity index (χ4n) is 2.55. The Bertz CT molecular complexity index is 640. The molecule has 2 aromatic rings. The number of nitro groups is 1. The molecule has 2 heterocycles. The molecule has 7 heteroatoms. The van der Waals surface area contributed by atoms with E-state index in [2.05, 4.69) is 22.2 Å². The highest BCUT2D eigenvalue weighted by Gasteiger charge is 2.19. The van der Waals surface area contributed by atoms with Crippen molar-refractivity contribution in [2.45, 2.75) is 18.9 Å². The van der Waals surface area contributed by atoms with Crippen molar-refractivity contribution >= 4 is 22.8 Å². The zero-order valence-corrected chi connectivity index (χ0v) is 11.2. The Hall–Kier alpha value is -2.15. The number of non-ortho nitro benzene ring substituents is 1. The minimum atomic E-state index is -0.439. The number of nitro benzene ring substituents is 1. The number of nitrogens with zero attached hydrogens (tertiary/aromatic N) is 3. The predicted octanol–water partition coefficient (Wildman–Crippen LogP) is 2.24. The van der Waals surface area contributed by atoms with Gasteiger partial charge in [0.05, 0.1) is 11.0 Å². The molecule has 0 amide bonds. The summed E-state index contributed by atoms with van der Waals surface area (Å²) in [5.74, 6) is 0. The van der Waals surface area contributed by atoms with Gasteiger partial charge in [-0.2, -0.15) is 4.98 Å². The molecule has 106 valence electrons. The standard InChI is InChI=1S/C13H16N4O3/c1-16-6-2-3-9(8-16)14-13-15-11-5-4-10(17(18)19)7-12(11)20-13/h4-5,7,9H,2-3,6,8H2,1H3,(H,14,15). The Balaban J connectivity index is 1.80. The van der Waals surface area contributed by atoms with Crippen molar-refractivity contribution in [1.29, 1.82) is 0 Å². The normalized spacial score (nSPS) is 20.1. The van der Waals surface area contributed by atoms with Gasteiger partial charge in [0.2, 0.25) is 0 Å². The molecule has 0 spiro atoms. The maximum Gasteiger partial charge on any atom is 0.295 e. The van der Waals surface area contributed by atoms with Crippen LogP contribution in [0.1, 0.15) is 12.8 Å². The maximum atomic E-state index is 10.7. The number of hydrogen-bond donors (Lipinski definition) is 1. The molecule has 1 aliphatic rings. The lowest BCUT2D eigenvalue weighted by molar-refractivity contribution is -0.384. The zero-order chi connectivity index (χ0) is 14.1. The van der Waals surface area contributed by atoms with Gasteiger partial charge in [-0.3, -0.25) is 10.1 Å². The molecule has 3 rings (SSSR count). The van der Waals surface area contributed by atoms with Crippen LogP contribution in [0.3, 0.4) is 0 Å². The Kier molecular flexibility index (Phi) is 3.27. The monoisotopic (exact) mass is 276 g/mol. The van der Waals surface area contributed by atoms with Gasteiger partial charge < -0.3 is 14.6 Å². The van der Waals surface area contributed by atoms with Gasteiger partial charge in [-0.25, -0.2) is 0 Å². The van der Waals surface area contributed by atoms with Crippen molar-refractivity contribution in [2.75, 3.05) is 25.5 Å². The summed E-state index contributed by atoms with van der Waals surface area (Å²) in [5.41, 5.74) is 1.07. The van der Waals surface area contributed by atoms with Crippen LogP contribution in [0.5, 0.6) is 0 Å². The van der Waals surface area contributed by atoms with Gasteiger partial charge in [0.1, 0.15) is 5.52 Å². The molecule has 1 aromatic carbocycles. The van der Waals surface area contributed by atoms with Crippen LogP contribution in [-0.2, 0) is 0 Å². The lowest BCUT2D eigenvalue weighted by Crippen LogP contribution is -2.39. The summed E-state index contributed by atoms with van der Waals surface area (Å²) >= 11 is 0. The van der Waals surface area contributed by atoms with Crippen LogP contribution in [0.15, 0.2) is 22.6 Å². The summed E-state index contributed by atoms with van der Waals surface area (Å²) in [6, 6.07) is 5.18. The third-order valence-corrected chi connectivity index (χ3v) is 3.53. The number of aromatic nitrogens is 1. The number of piperidine rings is 1. The van der Waals surface area contributed by atoms with Gasteiger partial charge >= 0.3 is 0 Å². The first-order chi connectivity index (χ1) is 9.61. The van der Waals surface area contributed by atoms with E-state index in [1.165, 1.54) is 12.1 Å². The lowest BCUT2D eigenvalue weighted by atomic mass is 10.1. The molecule has 1 saturated heterocycles. The summed E-state index contributed by atoms with van der Waals surface area (Å²) in [5, 5.41) is 14.0. The van der Waals surface area contributed by atoms with Crippen molar-refractivity contribution in [1.82, 2.24) is 9.88 Å². The summed E-state index contributed by atoms with van der Waals surface area (Å²) in [4.78, 5) is 16.9. The summed E-state index contributed by atoms with van der Waals surface area (Å²) in [7, 11) is 2.09. The average Bonchev–Trinajstić information content (AvgIpc) is 2.79.